The first-order chi connectivity index (χ1) is 4.81. The van der Waals surface area contributed by atoms with E-state index in [1.54, 1.807) is 0 Å². The van der Waals surface area contributed by atoms with Crippen LogP contribution in [0.25, 0.3) is 0 Å². The molecule has 0 radical (unpaired) electrons. The van der Waals surface area contributed by atoms with Gasteiger partial charge < -0.3 is 9.57 Å². The Bertz CT molecular complexity index is 95.0. The molecular weight excluding hydrogens is 134 g/mol. The Morgan fingerprint density at radius 1 is 1.50 bits per heavy atom. The second-order valence-electron chi connectivity index (χ2n) is 1.92. The van der Waals surface area contributed by atoms with Gasteiger partial charge in [0.25, 0.3) is 0 Å². The van der Waals surface area contributed by atoms with Crippen LogP contribution in [0.5, 0.6) is 0 Å². The number of carbonyl (C=O) groups excluding carboxylic acids is 1. The van der Waals surface area contributed by atoms with Crippen LogP contribution in [0, 0.1) is 0 Å². The minimum Gasteiger partial charge on any atom is -0.433 e. The molecular formula is C6H13NO3. The molecule has 0 aromatic rings. The van der Waals surface area contributed by atoms with E-state index in [0.29, 0.717) is 6.61 Å². The molecule has 0 aromatic heterocycles. The second kappa shape index (κ2) is 6.35. The Morgan fingerprint density at radius 2 is 2.20 bits per heavy atom. The van der Waals surface area contributed by atoms with E-state index in [2.05, 4.69) is 22.4 Å². The highest BCUT2D eigenvalue weighted by Gasteiger charge is 1.98. The van der Waals surface area contributed by atoms with E-state index in [1.165, 1.54) is 0 Å². The van der Waals surface area contributed by atoms with E-state index >= 15 is 0 Å². The summed E-state index contributed by atoms with van der Waals surface area (Å²) in [6.45, 7) is 2.46. The third-order valence-electron chi connectivity index (χ3n) is 1.06. The van der Waals surface area contributed by atoms with Gasteiger partial charge in [0.2, 0.25) is 0 Å². The first-order valence-corrected chi connectivity index (χ1v) is 3.34. The lowest BCUT2D eigenvalue weighted by molar-refractivity contribution is 0.0540. The van der Waals surface area contributed by atoms with Gasteiger partial charge in [-0.05, 0) is 6.42 Å². The van der Waals surface area contributed by atoms with E-state index in [-0.39, 0.29) is 0 Å². The van der Waals surface area contributed by atoms with Gasteiger partial charge in [0.15, 0.2) is 0 Å². The Morgan fingerprint density at radius 3 is 2.70 bits per heavy atom. The van der Waals surface area contributed by atoms with Gasteiger partial charge in [-0.1, -0.05) is 19.8 Å². The molecule has 0 bridgehead atoms. The molecule has 60 valence electrons. The van der Waals surface area contributed by atoms with Crippen molar-refractivity contribution in [3.63, 3.8) is 0 Å². The fraction of sp³-hybridized carbons (Fsp3) is 0.833. The molecule has 0 atom stereocenters. The quantitative estimate of drug-likeness (QED) is 0.368. The standard InChI is InChI=1S/C6H13NO3/c1-2-3-4-5-9-6(8)10-7/h2-5,7H2,1H3. The van der Waals surface area contributed by atoms with Gasteiger partial charge in [0.05, 0.1) is 6.61 Å². The minimum atomic E-state index is -0.809. The summed E-state index contributed by atoms with van der Waals surface area (Å²) in [7, 11) is 0. The molecule has 2 N–H and O–H groups in total. The molecule has 0 rings (SSSR count). The highest BCUT2D eigenvalue weighted by molar-refractivity contribution is 5.59. The molecule has 0 spiro atoms. The highest BCUT2D eigenvalue weighted by Crippen LogP contribution is 1.94. The summed E-state index contributed by atoms with van der Waals surface area (Å²) in [5, 5.41) is 0. The molecule has 0 aliphatic rings. The van der Waals surface area contributed by atoms with E-state index in [4.69, 9.17) is 0 Å². The lowest BCUT2D eigenvalue weighted by Gasteiger charge is -1.99. The van der Waals surface area contributed by atoms with Crippen molar-refractivity contribution in [1.82, 2.24) is 0 Å². The first kappa shape index (κ1) is 9.23. The smallest absolute Gasteiger partial charge is 0.433 e. The average molecular weight is 147 g/mol. The van der Waals surface area contributed by atoms with Crippen molar-refractivity contribution in [2.24, 2.45) is 5.90 Å². The molecule has 4 heteroatoms. The van der Waals surface area contributed by atoms with E-state index in [0.717, 1.165) is 19.3 Å². The zero-order valence-electron chi connectivity index (χ0n) is 6.13. The summed E-state index contributed by atoms with van der Waals surface area (Å²) in [6.07, 6.45) is 2.21. The fourth-order valence-corrected chi connectivity index (χ4v) is 0.542. The van der Waals surface area contributed by atoms with Crippen molar-refractivity contribution >= 4 is 6.16 Å². The summed E-state index contributed by atoms with van der Waals surface area (Å²) in [5.74, 6) is 4.51. The number of hydrogen-bond acceptors (Lipinski definition) is 4. The van der Waals surface area contributed by atoms with Crippen LogP contribution in [-0.2, 0) is 9.57 Å². The lowest BCUT2D eigenvalue weighted by atomic mass is 10.3. The third kappa shape index (κ3) is 5.37. The Balaban J connectivity index is 2.96. The normalized spacial score (nSPS) is 9.00. The van der Waals surface area contributed by atoms with Gasteiger partial charge in [-0.3, -0.25) is 0 Å². The topological polar surface area (TPSA) is 61.5 Å². The summed E-state index contributed by atoms with van der Waals surface area (Å²) in [6, 6.07) is 0. The summed E-state index contributed by atoms with van der Waals surface area (Å²) >= 11 is 0. The molecule has 0 amide bonds. The van der Waals surface area contributed by atoms with Crippen molar-refractivity contribution in [2.45, 2.75) is 26.2 Å². The van der Waals surface area contributed by atoms with Crippen molar-refractivity contribution in [3.05, 3.63) is 0 Å². The summed E-state index contributed by atoms with van der Waals surface area (Å²) < 4.78 is 4.51. The summed E-state index contributed by atoms with van der Waals surface area (Å²) in [5.41, 5.74) is 0. The van der Waals surface area contributed by atoms with Gasteiger partial charge in [0, 0.05) is 0 Å². The van der Waals surface area contributed by atoms with Crippen molar-refractivity contribution in [3.8, 4) is 0 Å². The van der Waals surface area contributed by atoms with Crippen LogP contribution >= 0.6 is 0 Å². The van der Waals surface area contributed by atoms with Gasteiger partial charge in [0.1, 0.15) is 0 Å². The van der Waals surface area contributed by atoms with Crippen molar-refractivity contribution in [1.29, 1.82) is 0 Å². The first-order valence-electron chi connectivity index (χ1n) is 3.34. The fourth-order valence-electron chi connectivity index (χ4n) is 0.542. The van der Waals surface area contributed by atoms with Crippen LogP contribution in [-0.4, -0.2) is 12.8 Å². The Labute approximate surface area is 60.2 Å². The van der Waals surface area contributed by atoms with E-state index in [1.807, 2.05) is 0 Å². The minimum absolute atomic E-state index is 0.393. The number of ether oxygens (including phenoxy) is 1. The molecule has 0 aliphatic heterocycles. The molecule has 0 unspecified atom stereocenters. The SMILES string of the molecule is CCCCCOC(=O)ON. The average Bonchev–Trinajstić information content (AvgIpc) is 1.98. The molecule has 10 heavy (non-hydrogen) atoms. The maximum Gasteiger partial charge on any atom is 0.527 e. The monoisotopic (exact) mass is 147 g/mol. The molecule has 0 aliphatic carbocycles. The zero-order chi connectivity index (χ0) is 7.82. The summed E-state index contributed by atoms with van der Waals surface area (Å²) in [4.78, 5) is 14.0. The molecule has 0 saturated carbocycles. The van der Waals surface area contributed by atoms with Crippen LogP contribution in [0.15, 0.2) is 0 Å². The van der Waals surface area contributed by atoms with Crippen LogP contribution in [0.4, 0.5) is 4.79 Å². The number of unbranched alkanes of at least 4 members (excludes halogenated alkanes) is 2. The van der Waals surface area contributed by atoms with Crippen LogP contribution in [0.1, 0.15) is 26.2 Å². The van der Waals surface area contributed by atoms with Gasteiger partial charge in [-0.25, -0.2) is 4.79 Å². The molecule has 0 aromatic carbocycles. The molecule has 0 fully saturated rings. The number of hydrogen-bond donors (Lipinski definition) is 1. The lowest BCUT2D eigenvalue weighted by Crippen LogP contribution is -2.12. The third-order valence-corrected chi connectivity index (χ3v) is 1.06. The molecule has 0 heterocycles. The maximum absolute atomic E-state index is 10.2. The van der Waals surface area contributed by atoms with E-state index < -0.39 is 6.16 Å². The molecule has 0 saturated heterocycles. The predicted molar refractivity (Wildman–Crippen MR) is 36.1 cm³/mol. The Hall–Kier alpha value is -0.770. The van der Waals surface area contributed by atoms with Crippen molar-refractivity contribution in [2.75, 3.05) is 6.61 Å². The van der Waals surface area contributed by atoms with Crippen LogP contribution < -0.4 is 5.90 Å². The largest absolute Gasteiger partial charge is 0.527 e. The van der Waals surface area contributed by atoms with E-state index in [9.17, 15) is 4.79 Å². The van der Waals surface area contributed by atoms with Gasteiger partial charge in [-0.2, -0.15) is 5.90 Å². The van der Waals surface area contributed by atoms with Crippen LogP contribution in [0.2, 0.25) is 0 Å². The second-order valence-corrected chi connectivity index (χ2v) is 1.92. The number of rotatable bonds is 4. The van der Waals surface area contributed by atoms with Gasteiger partial charge in [-0.15, -0.1) is 0 Å². The number of nitrogens with two attached hydrogens (primary N) is 1. The number of carbonyl (C=O) groups is 1. The molecule has 4 nitrogen and oxygen atoms in total. The highest BCUT2D eigenvalue weighted by atomic mass is 16.8. The van der Waals surface area contributed by atoms with Crippen molar-refractivity contribution < 1.29 is 14.4 Å². The van der Waals surface area contributed by atoms with Gasteiger partial charge >= 0.3 is 6.16 Å². The Kier molecular flexibility index (Phi) is 5.86. The van der Waals surface area contributed by atoms with Crippen LogP contribution in [0.3, 0.4) is 0 Å². The predicted octanol–water partition coefficient (Wildman–Crippen LogP) is 1.20. The maximum atomic E-state index is 10.2. The zero-order valence-corrected chi connectivity index (χ0v) is 6.13.